The third kappa shape index (κ3) is 3.94. The van der Waals surface area contributed by atoms with Gasteiger partial charge in [-0.15, -0.1) is 0 Å². The summed E-state index contributed by atoms with van der Waals surface area (Å²) in [5, 5.41) is 0. The SMILES string of the molecule is CCCC1COC(=O)N(c2ccc(C#Cc3ccccc3)cn2)C1. The Hall–Kier alpha value is -2.80. The molecule has 0 N–H and O–H groups in total. The van der Waals surface area contributed by atoms with Gasteiger partial charge in [0, 0.05) is 29.8 Å². The first-order valence-electron chi connectivity index (χ1n) is 8.23. The lowest BCUT2D eigenvalue weighted by Gasteiger charge is -2.31. The lowest BCUT2D eigenvalue weighted by molar-refractivity contribution is 0.112. The Morgan fingerprint density at radius 1 is 1.17 bits per heavy atom. The predicted molar refractivity (Wildman–Crippen MR) is 93.8 cm³/mol. The third-order valence-electron chi connectivity index (χ3n) is 3.95. The van der Waals surface area contributed by atoms with Crippen LogP contribution in [0.1, 0.15) is 30.9 Å². The van der Waals surface area contributed by atoms with E-state index in [1.807, 2.05) is 42.5 Å². The lowest BCUT2D eigenvalue weighted by Crippen LogP contribution is -2.43. The van der Waals surface area contributed by atoms with Crippen LogP contribution in [-0.2, 0) is 4.74 Å². The summed E-state index contributed by atoms with van der Waals surface area (Å²) in [6.45, 7) is 3.30. The van der Waals surface area contributed by atoms with E-state index >= 15 is 0 Å². The number of hydrogen-bond acceptors (Lipinski definition) is 3. The van der Waals surface area contributed by atoms with Crippen molar-refractivity contribution in [3.8, 4) is 11.8 Å². The molecule has 2 heterocycles. The highest BCUT2D eigenvalue weighted by Crippen LogP contribution is 2.21. The number of rotatable bonds is 3. The maximum atomic E-state index is 12.0. The standard InChI is InChI=1S/C20H20N2O2/c1-2-6-18-14-22(20(23)24-15-18)19-12-11-17(13-21-19)10-9-16-7-4-3-5-8-16/h3-5,7-8,11-13,18H,2,6,14-15H2,1H3. The van der Waals surface area contributed by atoms with Gasteiger partial charge in [0.1, 0.15) is 5.82 Å². The minimum absolute atomic E-state index is 0.321. The Balaban J connectivity index is 1.72. The van der Waals surface area contributed by atoms with Crippen LogP contribution in [0.15, 0.2) is 48.7 Å². The van der Waals surface area contributed by atoms with Crippen molar-refractivity contribution >= 4 is 11.9 Å². The average molecular weight is 320 g/mol. The smallest absolute Gasteiger partial charge is 0.415 e. The molecule has 3 rings (SSSR count). The van der Waals surface area contributed by atoms with Crippen molar-refractivity contribution in [1.82, 2.24) is 4.98 Å². The van der Waals surface area contributed by atoms with E-state index in [1.165, 1.54) is 0 Å². The summed E-state index contributed by atoms with van der Waals surface area (Å²) in [6.07, 6.45) is 3.50. The molecule has 1 aromatic heterocycles. The van der Waals surface area contributed by atoms with Gasteiger partial charge in [0.15, 0.2) is 0 Å². The van der Waals surface area contributed by atoms with Crippen molar-refractivity contribution in [2.24, 2.45) is 5.92 Å². The minimum atomic E-state index is -0.321. The molecule has 2 aromatic rings. The Morgan fingerprint density at radius 3 is 2.67 bits per heavy atom. The van der Waals surface area contributed by atoms with Gasteiger partial charge in [-0.1, -0.05) is 43.4 Å². The molecule has 4 nitrogen and oxygen atoms in total. The molecule has 1 atom stereocenters. The second kappa shape index (κ2) is 7.65. The number of anilines is 1. The van der Waals surface area contributed by atoms with E-state index in [2.05, 4.69) is 23.7 Å². The summed E-state index contributed by atoms with van der Waals surface area (Å²) in [5.74, 6) is 7.17. The molecule has 0 bridgehead atoms. The van der Waals surface area contributed by atoms with Gasteiger partial charge in [0.2, 0.25) is 0 Å². The van der Waals surface area contributed by atoms with E-state index in [9.17, 15) is 4.79 Å². The largest absolute Gasteiger partial charge is 0.449 e. The molecule has 1 aromatic carbocycles. The zero-order valence-electron chi connectivity index (χ0n) is 13.7. The summed E-state index contributed by atoms with van der Waals surface area (Å²) in [4.78, 5) is 18.0. The van der Waals surface area contributed by atoms with Gasteiger partial charge in [-0.3, -0.25) is 4.90 Å². The highest BCUT2D eigenvalue weighted by atomic mass is 16.6. The summed E-state index contributed by atoms with van der Waals surface area (Å²) in [5.41, 5.74) is 1.78. The second-order valence-corrected chi connectivity index (χ2v) is 5.86. The normalized spacial score (nSPS) is 17.0. The molecule has 4 heteroatoms. The first kappa shape index (κ1) is 16.1. The molecule has 0 spiro atoms. The molecule has 0 saturated carbocycles. The van der Waals surface area contributed by atoms with Gasteiger partial charge in [-0.05, 0) is 30.7 Å². The van der Waals surface area contributed by atoms with E-state index in [1.54, 1.807) is 11.1 Å². The van der Waals surface area contributed by atoms with Crippen molar-refractivity contribution in [1.29, 1.82) is 0 Å². The predicted octanol–water partition coefficient (Wildman–Crippen LogP) is 3.85. The lowest BCUT2D eigenvalue weighted by atomic mass is 10.0. The molecule has 1 amide bonds. The van der Waals surface area contributed by atoms with E-state index in [4.69, 9.17) is 4.74 Å². The van der Waals surface area contributed by atoms with Crippen LogP contribution in [0.4, 0.5) is 10.6 Å². The maximum Gasteiger partial charge on any atom is 0.415 e. The Morgan fingerprint density at radius 2 is 1.96 bits per heavy atom. The molecular weight excluding hydrogens is 300 g/mol. The van der Waals surface area contributed by atoms with Gasteiger partial charge in [0.25, 0.3) is 0 Å². The van der Waals surface area contributed by atoms with Crippen molar-refractivity contribution < 1.29 is 9.53 Å². The average Bonchev–Trinajstić information content (AvgIpc) is 2.63. The number of aromatic nitrogens is 1. The number of pyridine rings is 1. The zero-order valence-corrected chi connectivity index (χ0v) is 13.7. The molecule has 0 radical (unpaired) electrons. The molecule has 122 valence electrons. The summed E-state index contributed by atoms with van der Waals surface area (Å²) < 4.78 is 5.26. The van der Waals surface area contributed by atoms with Gasteiger partial charge in [-0.25, -0.2) is 9.78 Å². The van der Waals surface area contributed by atoms with Crippen molar-refractivity contribution in [3.63, 3.8) is 0 Å². The number of cyclic esters (lactones) is 1. The molecule has 1 saturated heterocycles. The third-order valence-corrected chi connectivity index (χ3v) is 3.95. The van der Waals surface area contributed by atoms with Gasteiger partial charge in [-0.2, -0.15) is 0 Å². The molecule has 24 heavy (non-hydrogen) atoms. The molecule has 1 aliphatic rings. The molecule has 1 aliphatic heterocycles. The Bertz CT molecular complexity index is 745. The highest BCUT2D eigenvalue weighted by molar-refractivity contribution is 5.87. The van der Waals surface area contributed by atoms with Crippen LogP contribution in [-0.4, -0.2) is 24.2 Å². The van der Waals surface area contributed by atoms with Crippen molar-refractivity contribution in [3.05, 3.63) is 59.8 Å². The molecular formula is C20H20N2O2. The Labute approximate surface area is 142 Å². The van der Waals surface area contributed by atoms with Crippen LogP contribution >= 0.6 is 0 Å². The number of ether oxygens (including phenoxy) is 1. The fourth-order valence-electron chi connectivity index (χ4n) is 2.71. The van der Waals surface area contributed by atoms with Crippen LogP contribution in [0.3, 0.4) is 0 Å². The summed E-state index contributed by atoms with van der Waals surface area (Å²) >= 11 is 0. The van der Waals surface area contributed by atoms with Crippen molar-refractivity contribution in [2.75, 3.05) is 18.1 Å². The molecule has 1 fully saturated rings. The number of nitrogens with zero attached hydrogens (tertiary/aromatic N) is 2. The number of benzene rings is 1. The Kier molecular flexibility index (Phi) is 5.12. The van der Waals surface area contributed by atoms with Crippen molar-refractivity contribution in [2.45, 2.75) is 19.8 Å². The fraction of sp³-hybridized carbons (Fsp3) is 0.300. The van der Waals surface area contributed by atoms with E-state index < -0.39 is 0 Å². The van der Waals surface area contributed by atoms with E-state index in [-0.39, 0.29) is 6.09 Å². The van der Waals surface area contributed by atoms with Crippen LogP contribution in [0, 0.1) is 17.8 Å². The monoisotopic (exact) mass is 320 g/mol. The van der Waals surface area contributed by atoms with Gasteiger partial charge in [0.05, 0.1) is 6.61 Å². The fourth-order valence-corrected chi connectivity index (χ4v) is 2.71. The van der Waals surface area contributed by atoms with Crippen LogP contribution in [0.2, 0.25) is 0 Å². The first-order chi connectivity index (χ1) is 11.8. The molecule has 1 unspecified atom stereocenters. The number of carbonyl (C=O) groups is 1. The number of amides is 1. The van der Waals surface area contributed by atoms with Crippen LogP contribution in [0.5, 0.6) is 0 Å². The van der Waals surface area contributed by atoms with E-state index in [0.29, 0.717) is 24.9 Å². The second-order valence-electron chi connectivity index (χ2n) is 5.86. The van der Waals surface area contributed by atoms with E-state index in [0.717, 1.165) is 24.0 Å². The topological polar surface area (TPSA) is 42.4 Å². The summed E-state index contributed by atoms with van der Waals surface area (Å²) in [6, 6.07) is 13.5. The zero-order chi connectivity index (χ0) is 16.8. The summed E-state index contributed by atoms with van der Waals surface area (Å²) in [7, 11) is 0. The van der Waals surface area contributed by atoms with Gasteiger partial charge < -0.3 is 4.74 Å². The highest BCUT2D eigenvalue weighted by Gasteiger charge is 2.28. The number of hydrogen-bond donors (Lipinski definition) is 0. The van der Waals surface area contributed by atoms with Crippen LogP contribution < -0.4 is 4.90 Å². The number of carbonyl (C=O) groups excluding carboxylic acids is 1. The molecule has 0 aliphatic carbocycles. The first-order valence-corrected chi connectivity index (χ1v) is 8.23. The van der Waals surface area contributed by atoms with Crippen LogP contribution in [0.25, 0.3) is 0 Å². The minimum Gasteiger partial charge on any atom is -0.449 e. The quantitative estimate of drug-likeness (QED) is 0.807. The maximum absolute atomic E-state index is 12.0. The van der Waals surface area contributed by atoms with Gasteiger partial charge >= 0.3 is 6.09 Å².